The number of fused-ring (bicyclic) bond motifs is 1. The molecule has 0 saturated carbocycles. The number of nitrogens with zero attached hydrogens (tertiary/aromatic N) is 1. The summed E-state index contributed by atoms with van der Waals surface area (Å²) in [6.07, 6.45) is 2.91. The number of nitrogens with two attached hydrogens (primary N) is 1. The lowest BCUT2D eigenvalue weighted by Gasteiger charge is -2.30. The summed E-state index contributed by atoms with van der Waals surface area (Å²) in [6.45, 7) is 2.93. The number of carbonyl (C=O) groups is 1. The van der Waals surface area contributed by atoms with Crippen LogP contribution in [0.5, 0.6) is 0 Å². The van der Waals surface area contributed by atoms with Gasteiger partial charge in [-0.25, -0.2) is 0 Å². The molecule has 0 spiro atoms. The van der Waals surface area contributed by atoms with Crippen molar-refractivity contribution in [3.8, 4) is 0 Å². The molecule has 1 aliphatic heterocycles. The Labute approximate surface area is 114 Å². The highest BCUT2D eigenvalue weighted by atomic mass is 16.5. The zero-order chi connectivity index (χ0) is 13.8. The fraction of sp³-hybridized carbons (Fsp3) is 0.533. The smallest absolute Gasteiger partial charge is 0.252 e. The predicted octanol–water partition coefficient (Wildman–Crippen LogP) is 1.50. The molecule has 0 radical (unpaired) electrons. The highest BCUT2D eigenvalue weighted by Gasteiger charge is 2.22. The normalized spacial score (nSPS) is 16.1. The van der Waals surface area contributed by atoms with Crippen molar-refractivity contribution >= 4 is 11.6 Å². The third-order valence-electron chi connectivity index (χ3n) is 3.39. The fourth-order valence-corrected chi connectivity index (χ4v) is 2.61. The highest BCUT2D eigenvalue weighted by Crippen LogP contribution is 2.28. The van der Waals surface area contributed by atoms with Crippen LogP contribution in [0.2, 0.25) is 0 Å². The first-order valence-corrected chi connectivity index (χ1v) is 6.78. The van der Waals surface area contributed by atoms with Crippen LogP contribution in [-0.2, 0) is 22.4 Å². The summed E-state index contributed by atoms with van der Waals surface area (Å²) in [5, 5.41) is 0. The van der Waals surface area contributed by atoms with E-state index in [1.165, 1.54) is 11.1 Å². The van der Waals surface area contributed by atoms with Gasteiger partial charge in [-0.2, -0.15) is 0 Å². The maximum atomic E-state index is 12.0. The van der Waals surface area contributed by atoms with Crippen molar-refractivity contribution < 1.29 is 9.53 Å². The van der Waals surface area contributed by atoms with E-state index >= 15 is 0 Å². The van der Waals surface area contributed by atoms with Crippen LogP contribution in [0.15, 0.2) is 18.2 Å². The van der Waals surface area contributed by atoms with Gasteiger partial charge >= 0.3 is 0 Å². The number of hydrogen-bond donors (Lipinski definition) is 1. The molecule has 1 aliphatic rings. The molecule has 0 saturated heterocycles. The summed E-state index contributed by atoms with van der Waals surface area (Å²) >= 11 is 0. The molecule has 4 heteroatoms. The second-order valence-electron chi connectivity index (χ2n) is 5.23. The zero-order valence-electron chi connectivity index (χ0n) is 11.7. The number of aryl methyl sites for hydroxylation is 1. The number of ether oxygens (including phenoxy) is 1. The Morgan fingerprint density at radius 3 is 3.00 bits per heavy atom. The minimum atomic E-state index is 0.0309. The number of hydrogen-bond acceptors (Lipinski definition) is 3. The average molecular weight is 262 g/mol. The van der Waals surface area contributed by atoms with Crippen LogP contribution in [0.4, 0.5) is 5.69 Å². The van der Waals surface area contributed by atoms with Gasteiger partial charge in [-0.15, -0.1) is 0 Å². The van der Waals surface area contributed by atoms with Crippen molar-refractivity contribution in [1.82, 2.24) is 0 Å². The zero-order valence-corrected chi connectivity index (χ0v) is 11.7. The van der Waals surface area contributed by atoms with E-state index < -0.39 is 0 Å². The summed E-state index contributed by atoms with van der Waals surface area (Å²) in [5.74, 6) is 0.0309. The molecule has 1 amide bonds. The van der Waals surface area contributed by atoms with Crippen molar-refractivity contribution in [3.05, 3.63) is 29.3 Å². The minimum absolute atomic E-state index is 0.0309. The highest BCUT2D eigenvalue weighted by molar-refractivity contribution is 5.95. The summed E-state index contributed by atoms with van der Waals surface area (Å²) in [5.41, 5.74) is 9.35. The molecule has 4 nitrogen and oxygen atoms in total. The maximum Gasteiger partial charge on any atom is 0.252 e. The molecule has 1 heterocycles. The molecule has 2 N–H and O–H groups in total. The Kier molecular flexibility index (Phi) is 4.56. The van der Waals surface area contributed by atoms with Crippen molar-refractivity contribution in [2.45, 2.75) is 32.2 Å². The van der Waals surface area contributed by atoms with Gasteiger partial charge in [-0.05, 0) is 43.4 Å². The standard InChI is InChI=1S/C15H22N2O2/c1-11(16)8-12-5-6-14-13(9-12)4-3-7-17(14)15(18)10-19-2/h5-6,9,11H,3-4,7-8,10,16H2,1-2H3. The van der Waals surface area contributed by atoms with Gasteiger partial charge in [0.25, 0.3) is 5.91 Å². The summed E-state index contributed by atoms with van der Waals surface area (Å²) in [6, 6.07) is 6.46. The molecule has 0 bridgehead atoms. The first-order valence-electron chi connectivity index (χ1n) is 6.78. The molecule has 0 aliphatic carbocycles. The Balaban J connectivity index is 2.23. The molecule has 104 valence electrons. The van der Waals surface area contributed by atoms with Gasteiger partial charge in [0.1, 0.15) is 6.61 Å². The molecule has 1 aromatic carbocycles. The van der Waals surface area contributed by atoms with Crippen molar-refractivity contribution in [1.29, 1.82) is 0 Å². The van der Waals surface area contributed by atoms with E-state index in [1.807, 2.05) is 17.9 Å². The van der Waals surface area contributed by atoms with Gasteiger partial charge in [0, 0.05) is 25.4 Å². The average Bonchev–Trinajstić information content (AvgIpc) is 2.37. The van der Waals surface area contributed by atoms with E-state index in [4.69, 9.17) is 10.5 Å². The Bertz CT molecular complexity index is 457. The van der Waals surface area contributed by atoms with Gasteiger partial charge < -0.3 is 15.4 Å². The van der Waals surface area contributed by atoms with E-state index in [-0.39, 0.29) is 18.6 Å². The lowest BCUT2D eigenvalue weighted by atomic mass is 9.97. The van der Waals surface area contributed by atoms with E-state index in [9.17, 15) is 4.79 Å². The van der Waals surface area contributed by atoms with Gasteiger partial charge in [-0.1, -0.05) is 12.1 Å². The van der Waals surface area contributed by atoms with Crippen LogP contribution in [0.1, 0.15) is 24.5 Å². The minimum Gasteiger partial charge on any atom is -0.375 e. The fourth-order valence-electron chi connectivity index (χ4n) is 2.61. The lowest BCUT2D eigenvalue weighted by molar-refractivity contribution is -0.122. The van der Waals surface area contributed by atoms with Crippen LogP contribution in [-0.4, -0.2) is 32.2 Å². The second kappa shape index (κ2) is 6.17. The Hall–Kier alpha value is -1.39. The quantitative estimate of drug-likeness (QED) is 0.894. The molecule has 0 aromatic heterocycles. The van der Waals surface area contributed by atoms with Crippen molar-refractivity contribution in [2.75, 3.05) is 25.2 Å². The number of rotatable bonds is 4. The Morgan fingerprint density at radius 2 is 2.32 bits per heavy atom. The predicted molar refractivity (Wildman–Crippen MR) is 76.3 cm³/mol. The number of benzene rings is 1. The van der Waals surface area contributed by atoms with Crippen LogP contribution in [0, 0.1) is 0 Å². The second-order valence-corrected chi connectivity index (χ2v) is 5.23. The van der Waals surface area contributed by atoms with Crippen molar-refractivity contribution in [3.63, 3.8) is 0 Å². The van der Waals surface area contributed by atoms with Crippen LogP contribution in [0.25, 0.3) is 0 Å². The van der Waals surface area contributed by atoms with Crippen LogP contribution in [0.3, 0.4) is 0 Å². The van der Waals surface area contributed by atoms with Crippen LogP contribution >= 0.6 is 0 Å². The van der Waals surface area contributed by atoms with Gasteiger partial charge in [-0.3, -0.25) is 4.79 Å². The monoisotopic (exact) mass is 262 g/mol. The van der Waals surface area contributed by atoms with E-state index in [1.54, 1.807) is 7.11 Å². The van der Waals surface area contributed by atoms with Crippen molar-refractivity contribution in [2.24, 2.45) is 5.73 Å². The maximum absolute atomic E-state index is 12.0. The molecule has 1 atom stereocenters. The molecule has 1 unspecified atom stereocenters. The largest absolute Gasteiger partial charge is 0.375 e. The number of amides is 1. The number of methoxy groups -OCH3 is 1. The van der Waals surface area contributed by atoms with E-state index in [0.717, 1.165) is 31.5 Å². The summed E-state index contributed by atoms with van der Waals surface area (Å²) < 4.78 is 4.94. The van der Waals surface area contributed by atoms with Crippen LogP contribution < -0.4 is 10.6 Å². The lowest BCUT2D eigenvalue weighted by Crippen LogP contribution is -2.37. The molecule has 2 rings (SSSR count). The SMILES string of the molecule is COCC(=O)N1CCCc2cc(CC(C)N)ccc21. The summed E-state index contributed by atoms with van der Waals surface area (Å²) in [7, 11) is 1.55. The number of carbonyl (C=O) groups excluding carboxylic acids is 1. The van der Waals surface area contributed by atoms with Gasteiger partial charge in [0.15, 0.2) is 0 Å². The molecule has 0 fully saturated rings. The van der Waals surface area contributed by atoms with Gasteiger partial charge in [0.05, 0.1) is 0 Å². The topological polar surface area (TPSA) is 55.6 Å². The summed E-state index contributed by atoms with van der Waals surface area (Å²) in [4.78, 5) is 13.8. The van der Waals surface area contributed by atoms with Gasteiger partial charge in [0.2, 0.25) is 0 Å². The molecular weight excluding hydrogens is 240 g/mol. The molecule has 19 heavy (non-hydrogen) atoms. The third kappa shape index (κ3) is 3.33. The van der Waals surface area contributed by atoms with E-state index in [2.05, 4.69) is 12.1 Å². The molecule has 1 aromatic rings. The number of anilines is 1. The first kappa shape index (κ1) is 14.0. The third-order valence-corrected chi connectivity index (χ3v) is 3.39. The van der Waals surface area contributed by atoms with E-state index in [0.29, 0.717) is 0 Å². The Morgan fingerprint density at radius 1 is 1.53 bits per heavy atom. The molecular formula is C15H22N2O2. The first-order chi connectivity index (χ1) is 9.11.